The van der Waals surface area contributed by atoms with Crippen LogP contribution in [0.25, 0.3) is 0 Å². The Kier molecular flexibility index (Phi) is 7.18. The van der Waals surface area contributed by atoms with Gasteiger partial charge in [-0.3, -0.25) is 4.99 Å². The van der Waals surface area contributed by atoms with Crippen LogP contribution in [-0.4, -0.2) is 49.0 Å². The number of carbonyl (C=O) groups is 2. The van der Waals surface area contributed by atoms with E-state index in [1.54, 1.807) is 29.3 Å². The molecule has 3 rings (SSSR count). The minimum atomic E-state index is -0.497. The van der Waals surface area contributed by atoms with Gasteiger partial charge in [0.15, 0.2) is 0 Å². The van der Waals surface area contributed by atoms with Crippen molar-refractivity contribution in [2.75, 3.05) is 25.9 Å². The topological polar surface area (TPSA) is 94.2 Å². The van der Waals surface area contributed by atoms with Crippen molar-refractivity contribution in [3.63, 3.8) is 0 Å². The Bertz CT molecular complexity index is 993. The third kappa shape index (κ3) is 5.87. The Morgan fingerprint density at radius 1 is 1.16 bits per heavy atom. The number of ether oxygens (including phenoxy) is 2. The zero-order valence-corrected chi connectivity index (χ0v) is 19.1. The summed E-state index contributed by atoms with van der Waals surface area (Å²) in [5.74, 6) is -0.211. The lowest BCUT2D eigenvalue weighted by Gasteiger charge is -2.34. The Balaban J connectivity index is 1.68. The van der Waals surface area contributed by atoms with E-state index in [4.69, 9.17) is 15.2 Å². The molecule has 1 amide bonds. The number of para-hydroxylation sites is 1. The number of rotatable bonds is 4. The van der Waals surface area contributed by atoms with E-state index in [2.05, 4.69) is 4.99 Å². The zero-order valence-electron chi connectivity index (χ0n) is 19.1. The molecule has 2 aromatic rings. The molecule has 0 spiro atoms. The van der Waals surface area contributed by atoms with Crippen LogP contribution < -0.4 is 5.73 Å². The molecule has 1 fully saturated rings. The fourth-order valence-electron chi connectivity index (χ4n) is 3.70. The van der Waals surface area contributed by atoms with Crippen LogP contribution in [0, 0.1) is 0 Å². The van der Waals surface area contributed by atoms with Gasteiger partial charge in [0, 0.05) is 30.8 Å². The second-order valence-corrected chi connectivity index (χ2v) is 8.92. The lowest BCUT2D eigenvalue weighted by molar-refractivity contribution is 0.0198. The fraction of sp³-hybridized carbons (Fsp3) is 0.400. The van der Waals surface area contributed by atoms with Crippen LogP contribution >= 0.6 is 0 Å². The first-order valence-corrected chi connectivity index (χ1v) is 10.8. The number of hydrogen-bond acceptors (Lipinski definition) is 6. The summed E-state index contributed by atoms with van der Waals surface area (Å²) in [5.41, 5.74) is 8.84. The van der Waals surface area contributed by atoms with E-state index in [-0.39, 0.29) is 12.0 Å². The number of aliphatic imine (C=N–C) groups is 1. The first-order valence-electron chi connectivity index (χ1n) is 10.8. The summed E-state index contributed by atoms with van der Waals surface area (Å²) in [7, 11) is 1.32. The van der Waals surface area contributed by atoms with Crippen molar-refractivity contribution in [2.24, 2.45) is 4.99 Å². The number of carbonyl (C=O) groups excluding carboxylic acids is 2. The van der Waals surface area contributed by atoms with Gasteiger partial charge in [0.25, 0.3) is 0 Å². The largest absolute Gasteiger partial charge is 0.465 e. The second-order valence-electron chi connectivity index (χ2n) is 8.92. The fourth-order valence-corrected chi connectivity index (χ4v) is 3.70. The highest BCUT2D eigenvalue weighted by atomic mass is 16.6. The number of likely N-dealkylation sites (tertiary alicyclic amines) is 1. The van der Waals surface area contributed by atoms with Crippen molar-refractivity contribution in [2.45, 2.75) is 45.1 Å². The molecule has 1 atom stereocenters. The molecule has 0 bridgehead atoms. The predicted octanol–water partition coefficient (Wildman–Crippen LogP) is 4.92. The van der Waals surface area contributed by atoms with Gasteiger partial charge in [0.05, 0.1) is 24.0 Å². The van der Waals surface area contributed by atoms with Crippen LogP contribution in [-0.2, 0) is 9.47 Å². The quantitative estimate of drug-likeness (QED) is 0.416. The van der Waals surface area contributed by atoms with Crippen molar-refractivity contribution >= 4 is 29.7 Å². The summed E-state index contributed by atoms with van der Waals surface area (Å²) in [6, 6.07) is 13.1. The first kappa shape index (κ1) is 23.3. The molecule has 1 heterocycles. The number of amides is 1. The molecule has 2 aromatic carbocycles. The monoisotopic (exact) mass is 437 g/mol. The van der Waals surface area contributed by atoms with Gasteiger partial charge in [-0.25, -0.2) is 9.59 Å². The van der Waals surface area contributed by atoms with E-state index in [1.165, 1.54) is 12.7 Å². The molecule has 0 aliphatic carbocycles. The number of benzene rings is 2. The molecule has 1 aliphatic rings. The molecule has 0 aromatic heterocycles. The summed E-state index contributed by atoms with van der Waals surface area (Å²) in [4.78, 5) is 30.5. The predicted molar refractivity (Wildman–Crippen MR) is 126 cm³/mol. The van der Waals surface area contributed by atoms with Crippen LogP contribution in [0.2, 0.25) is 0 Å². The van der Waals surface area contributed by atoms with Gasteiger partial charge in [-0.2, -0.15) is 0 Å². The third-order valence-electron chi connectivity index (χ3n) is 5.34. The highest BCUT2D eigenvalue weighted by Gasteiger charge is 2.28. The van der Waals surface area contributed by atoms with Crippen LogP contribution in [0.3, 0.4) is 0 Å². The first-order chi connectivity index (χ1) is 15.2. The highest BCUT2D eigenvalue weighted by Crippen LogP contribution is 2.29. The number of nitrogens with two attached hydrogens (primary N) is 1. The SMILES string of the molecule is COC(=O)c1cccc(C=Nc2ccc(C3CCCN(C(=O)OC(C)(C)C)C3)cc2)c1N. The molecule has 2 N–H and O–H groups in total. The molecule has 0 radical (unpaired) electrons. The van der Waals surface area contributed by atoms with Crippen molar-refractivity contribution in [3.8, 4) is 0 Å². The van der Waals surface area contributed by atoms with Gasteiger partial charge < -0.3 is 20.1 Å². The van der Waals surface area contributed by atoms with E-state index in [9.17, 15) is 9.59 Å². The Morgan fingerprint density at radius 3 is 2.53 bits per heavy atom. The Hall–Kier alpha value is -3.35. The van der Waals surface area contributed by atoms with Crippen LogP contribution in [0.1, 0.15) is 61.0 Å². The Labute approximate surface area is 189 Å². The normalized spacial score (nSPS) is 16.8. The maximum Gasteiger partial charge on any atom is 0.410 e. The number of piperidine rings is 1. The smallest absolute Gasteiger partial charge is 0.410 e. The van der Waals surface area contributed by atoms with Gasteiger partial charge >= 0.3 is 12.1 Å². The van der Waals surface area contributed by atoms with E-state index in [0.29, 0.717) is 23.4 Å². The number of methoxy groups -OCH3 is 1. The minimum Gasteiger partial charge on any atom is -0.465 e. The van der Waals surface area contributed by atoms with Crippen LogP contribution in [0.15, 0.2) is 47.5 Å². The van der Waals surface area contributed by atoms with Crippen molar-refractivity contribution in [1.29, 1.82) is 0 Å². The highest BCUT2D eigenvalue weighted by molar-refractivity contribution is 6.01. The molecule has 1 unspecified atom stereocenters. The summed E-state index contributed by atoms with van der Waals surface area (Å²) in [6.07, 6.45) is 3.36. The van der Waals surface area contributed by atoms with E-state index < -0.39 is 11.6 Å². The lowest BCUT2D eigenvalue weighted by atomic mass is 9.91. The molecule has 170 valence electrons. The maximum atomic E-state index is 12.4. The molecule has 1 aliphatic heterocycles. The van der Waals surface area contributed by atoms with Crippen molar-refractivity contribution < 1.29 is 19.1 Å². The molecule has 7 heteroatoms. The van der Waals surface area contributed by atoms with E-state index >= 15 is 0 Å². The summed E-state index contributed by atoms with van der Waals surface area (Å²) in [6.45, 7) is 7.01. The number of hydrogen-bond donors (Lipinski definition) is 1. The van der Waals surface area contributed by atoms with Gasteiger partial charge in [-0.15, -0.1) is 0 Å². The second kappa shape index (κ2) is 9.85. The zero-order chi connectivity index (χ0) is 23.3. The molecule has 1 saturated heterocycles. The minimum absolute atomic E-state index is 0.254. The molecule has 32 heavy (non-hydrogen) atoms. The number of anilines is 1. The number of nitrogens with zero attached hydrogens (tertiary/aromatic N) is 2. The average molecular weight is 438 g/mol. The van der Waals surface area contributed by atoms with Gasteiger partial charge in [0.1, 0.15) is 5.60 Å². The number of nitrogen functional groups attached to an aromatic ring is 1. The van der Waals surface area contributed by atoms with Crippen LogP contribution in [0.5, 0.6) is 0 Å². The van der Waals surface area contributed by atoms with E-state index in [1.807, 2.05) is 45.0 Å². The van der Waals surface area contributed by atoms with Gasteiger partial charge in [-0.05, 0) is 57.4 Å². The lowest BCUT2D eigenvalue weighted by Crippen LogP contribution is -2.42. The Morgan fingerprint density at radius 2 is 1.88 bits per heavy atom. The molecule has 0 saturated carbocycles. The molecular formula is C25H31N3O4. The van der Waals surface area contributed by atoms with Gasteiger partial charge in [0.2, 0.25) is 0 Å². The van der Waals surface area contributed by atoms with E-state index in [0.717, 1.165) is 25.1 Å². The van der Waals surface area contributed by atoms with Crippen LogP contribution in [0.4, 0.5) is 16.2 Å². The van der Waals surface area contributed by atoms with Crippen molar-refractivity contribution in [1.82, 2.24) is 4.90 Å². The standard InChI is InChI=1S/C25H31N3O4/c1-25(2,3)32-24(30)28-14-6-8-19(16-28)17-10-12-20(13-11-17)27-15-18-7-5-9-21(22(18)26)23(29)31-4/h5,7,9-13,15,19H,6,8,14,16,26H2,1-4H3. The summed E-state index contributed by atoms with van der Waals surface area (Å²) >= 11 is 0. The number of esters is 1. The summed E-state index contributed by atoms with van der Waals surface area (Å²) in [5, 5.41) is 0. The molecule has 7 nitrogen and oxygen atoms in total. The maximum absolute atomic E-state index is 12.4. The average Bonchev–Trinajstić information content (AvgIpc) is 2.77. The van der Waals surface area contributed by atoms with Crippen molar-refractivity contribution in [3.05, 3.63) is 59.2 Å². The van der Waals surface area contributed by atoms with Gasteiger partial charge in [-0.1, -0.05) is 24.3 Å². The molecular weight excluding hydrogens is 406 g/mol. The summed E-state index contributed by atoms with van der Waals surface area (Å²) < 4.78 is 10.3. The third-order valence-corrected chi connectivity index (χ3v) is 5.34.